The molecule has 0 atom stereocenters. The van der Waals surface area contributed by atoms with Gasteiger partial charge in [0.15, 0.2) is 0 Å². The van der Waals surface area contributed by atoms with Gasteiger partial charge in [-0.25, -0.2) is 8.78 Å². The van der Waals surface area contributed by atoms with Crippen LogP contribution in [0, 0.1) is 17.0 Å². The number of carboxylic acid groups (broad SMARTS) is 1. The number of rotatable bonds is 4. The number of halogens is 2. The van der Waals surface area contributed by atoms with E-state index in [1.165, 1.54) is 4.90 Å². The van der Waals surface area contributed by atoms with Crippen LogP contribution in [0.4, 0.5) is 8.78 Å². The summed E-state index contributed by atoms with van der Waals surface area (Å²) in [4.78, 5) is 39.1. The SMILES string of the molecule is O=C(CC1(C(=O)O)CCC1)N1CCN(C(=O)c2ccc(F)cc2F)CC1. The lowest BCUT2D eigenvalue weighted by molar-refractivity contribution is -0.159. The molecule has 1 aliphatic carbocycles. The summed E-state index contributed by atoms with van der Waals surface area (Å²) in [7, 11) is 0. The molecule has 140 valence electrons. The molecule has 1 aromatic rings. The third kappa shape index (κ3) is 3.40. The highest BCUT2D eigenvalue weighted by Crippen LogP contribution is 2.44. The number of hydrogen-bond donors (Lipinski definition) is 1. The molecule has 2 aliphatic rings. The zero-order chi connectivity index (χ0) is 18.9. The standard InChI is InChI=1S/C18H20F2N2O4/c19-12-2-3-13(14(20)10-12)16(24)22-8-6-21(7-9-22)15(23)11-18(17(25)26)4-1-5-18/h2-3,10H,1,4-9,11H2,(H,25,26). The smallest absolute Gasteiger partial charge is 0.310 e. The Bertz CT molecular complexity index is 741. The van der Waals surface area contributed by atoms with Crippen molar-refractivity contribution in [1.29, 1.82) is 0 Å². The van der Waals surface area contributed by atoms with Gasteiger partial charge in [0.1, 0.15) is 11.6 Å². The van der Waals surface area contributed by atoms with Crippen LogP contribution in [0.5, 0.6) is 0 Å². The molecular formula is C18H20F2N2O4. The van der Waals surface area contributed by atoms with E-state index in [0.29, 0.717) is 18.9 Å². The van der Waals surface area contributed by atoms with Crippen molar-refractivity contribution in [1.82, 2.24) is 9.80 Å². The van der Waals surface area contributed by atoms with Crippen molar-refractivity contribution in [2.45, 2.75) is 25.7 Å². The van der Waals surface area contributed by atoms with Gasteiger partial charge >= 0.3 is 5.97 Å². The summed E-state index contributed by atoms with van der Waals surface area (Å²) in [5.41, 5.74) is -1.15. The van der Waals surface area contributed by atoms with Crippen LogP contribution < -0.4 is 0 Å². The van der Waals surface area contributed by atoms with Gasteiger partial charge in [0.05, 0.1) is 11.0 Å². The lowest BCUT2D eigenvalue weighted by atomic mass is 9.66. The Morgan fingerprint density at radius 2 is 1.65 bits per heavy atom. The van der Waals surface area contributed by atoms with E-state index in [4.69, 9.17) is 0 Å². The minimum atomic E-state index is -0.943. The maximum Gasteiger partial charge on any atom is 0.310 e. The molecule has 0 unspecified atom stereocenters. The molecule has 0 bridgehead atoms. The Morgan fingerprint density at radius 3 is 2.15 bits per heavy atom. The molecule has 1 aliphatic heterocycles. The second-order valence-corrected chi connectivity index (χ2v) is 6.91. The molecule has 2 amide bonds. The van der Waals surface area contributed by atoms with Crippen LogP contribution in [0.15, 0.2) is 18.2 Å². The van der Waals surface area contributed by atoms with Crippen molar-refractivity contribution < 1.29 is 28.3 Å². The van der Waals surface area contributed by atoms with Crippen molar-refractivity contribution in [2.24, 2.45) is 5.41 Å². The molecular weight excluding hydrogens is 346 g/mol. The highest BCUT2D eigenvalue weighted by molar-refractivity contribution is 5.94. The van der Waals surface area contributed by atoms with E-state index in [2.05, 4.69) is 0 Å². The fraction of sp³-hybridized carbons (Fsp3) is 0.500. The average Bonchev–Trinajstić information content (AvgIpc) is 2.57. The number of hydrogen-bond acceptors (Lipinski definition) is 3. The van der Waals surface area contributed by atoms with Gasteiger partial charge < -0.3 is 14.9 Å². The van der Waals surface area contributed by atoms with Gasteiger partial charge in [0, 0.05) is 38.7 Å². The van der Waals surface area contributed by atoms with Gasteiger partial charge in [0.25, 0.3) is 5.91 Å². The van der Waals surface area contributed by atoms with E-state index in [0.717, 1.165) is 18.6 Å². The predicted molar refractivity (Wildman–Crippen MR) is 87.4 cm³/mol. The third-order valence-corrected chi connectivity index (χ3v) is 5.34. The highest BCUT2D eigenvalue weighted by atomic mass is 19.1. The molecule has 6 nitrogen and oxygen atoms in total. The van der Waals surface area contributed by atoms with Crippen molar-refractivity contribution in [2.75, 3.05) is 26.2 Å². The molecule has 1 aromatic carbocycles. The first-order valence-corrected chi connectivity index (χ1v) is 8.58. The Morgan fingerprint density at radius 1 is 1.04 bits per heavy atom. The summed E-state index contributed by atoms with van der Waals surface area (Å²) >= 11 is 0. The molecule has 2 fully saturated rings. The van der Waals surface area contributed by atoms with Gasteiger partial charge in [0.2, 0.25) is 5.91 Å². The molecule has 3 rings (SSSR count). The number of benzene rings is 1. The molecule has 1 saturated carbocycles. The van der Waals surface area contributed by atoms with Crippen molar-refractivity contribution in [3.8, 4) is 0 Å². The molecule has 1 N–H and O–H groups in total. The lowest BCUT2D eigenvalue weighted by Crippen LogP contribution is -2.52. The number of aliphatic carboxylic acids is 1. The van der Waals surface area contributed by atoms with Crippen LogP contribution in [0.3, 0.4) is 0 Å². The quantitative estimate of drug-likeness (QED) is 0.883. The fourth-order valence-electron chi connectivity index (χ4n) is 3.46. The van der Waals surface area contributed by atoms with Gasteiger partial charge in [-0.05, 0) is 25.0 Å². The summed E-state index contributed by atoms with van der Waals surface area (Å²) in [6.45, 7) is 0.981. The number of nitrogens with zero attached hydrogens (tertiary/aromatic N) is 2. The number of carbonyl (C=O) groups is 3. The summed E-state index contributed by atoms with van der Waals surface area (Å²) in [5, 5.41) is 9.33. The van der Waals surface area contributed by atoms with Gasteiger partial charge in [-0.15, -0.1) is 0 Å². The lowest BCUT2D eigenvalue weighted by Gasteiger charge is -2.40. The normalized spacial score (nSPS) is 19.0. The van der Waals surface area contributed by atoms with Crippen molar-refractivity contribution in [3.05, 3.63) is 35.4 Å². The van der Waals surface area contributed by atoms with Crippen LogP contribution in [0.25, 0.3) is 0 Å². The van der Waals surface area contributed by atoms with E-state index in [1.54, 1.807) is 4.90 Å². The van der Waals surface area contributed by atoms with Crippen molar-refractivity contribution in [3.63, 3.8) is 0 Å². The summed E-state index contributed by atoms with van der Waals surface area (Å²) in [6.07, 6.45) is 1.81. The fourth-order valence-corrected chi connectivity index (χ4v) is 3.46. The maximum atomic E-state index is 13.8. The molecule has 0 radical (unpaired) electrons. The van der Waals surface area contributed by atoms with E-state index in [9.17, 15) is 28.3 Å². The Kier molecular flexibility index (Phi) is 4.93. The minimum Gasteiger partial charge on any atom is -0.481 e. The molecule has 1 saturated heterocycles. The zero-order valence-electron chi connectivity index (χ0n) is 14.2. The van der Waals surface area contributed by atoms with Crippen LogP contribution >= 0.6 is 0 Å². The van der Waals surface area contributed by atoms with E-state index in [-0.39, 0.29) is 44.1 Å². The van der Waals surface area contributed by atoms with Gasteiger partial charge in [-0.2, -0.15) is 0 Å². The second kappa shape index (κ2) is 7.01. The van der Waals surface area contributed by atoms with Gasteiger partial charge in [-0.3, -0.25) is 14.4 Å². The Hall–Kier alpha value is -2.51. The topological polar surface area (TPSA) is 77.9 Å². The van der Waals surface area contributed by atoms with Crippen LogP contribution in [0.1, 0.15) is 36.0 Å². The number of amides is 2. The molecule has 1 heterocycles. The monoisotopic (exact) mass is 366 g/mol. The number of piperazine rings is 1. The predicted octanol–water partition coefficient (Wildman–Crippen LogP) is 1.89. The largest absolute Gasteiger partial charge is 0.481 e. The number of carboxylic acids is 1. The molecule has 8 heteroatoms. The second-order valence-electron chi connectivity index (χ2n) is 6.91. The summed E-state index contributed by atoms with van der Waals surface area (Å²) < 4.78 is 26.7. The van der Waals surface area contributed by atoms with Gasteiger partial charge in [-0.1, -0.05) is 6.42 Å². The first-order valence-electron chi connectivity index (χ1n) is 8.58. The molecule has 26 heavy (non-hydrogen) atoms. The Balaban J connectivity index is 1.58. The third-order valence-electron chi connectivity index (χ3n) is 5.34. The molecule has 0 spiro atoms. The Labute approximate surface area is 149 Å². The van der Waals surface area contributed by atoms with E-state index < -0.39 is 28.9 Å². The maximum absolute atomic E-state index is 13.8. The first kappa shape index (κ1) is 18.3. The van der Waals surface area contributed by atoms with Crippen molar-refractivity contribution >= 4 is 17.8 Å². The average molecular weight is 366 g/mol. The minimum absolute atomic E-state index is 0.0249. The summed E-state index contributed by atoms with van der Waals surface area (Å²) in [5.74, 6) is -3.37. The van der Waals surface area contributed by atoms with Crippen LogP contribution in [-0.4, -0.2) is 58.9 Å². The molecule has 0 aromatic heterocycles. The highest BCUT2D eigenvalue weighted by Gasteiger charge is 2.46. The van der Waals surface area contributed by atoms with E-state index in [1.807, 2.05) is 0 Å². The van der Waals surface area contributed by atoms with Crippen LogP contribution in [-0.2, 0) is 9.59 Å². The first-order chi connectivity index (χ1) is 12.3. The summed E-state index contributed by atoms with van der Waals surface area (Å²) in [6, 6.07) is 2.80. The van der Waals surface area contributed by atoms with Crippen LogP contribution in [0.2, 0.25) is 0 Å². The zero-order valence-corrected chi connectivity index (χ0v) is 14.2. The van der Waals surface area contributed by atoms with E-state index >= 15 is 0 Å². The number of carbonyl (C=O) groups excluding carboxylic acids is 2.